The number of methoxy groups -OCH3 is 1. The van der Waals surface area contributed by atoms with Crippen LogP contribution in [-0.4, -0.2) is 49.0 Å². The van der Waals surface area contributed by atoms with Gasteiger partial charge < -0.3 is 14.6 Å². The predicted octanol–water partition coefficient (Wildman–Crippen LogP) is 2.84. The molecule has 0 amide bonds. The van der Waals surface area contributed by atoms with Gasteiger partial charge in [0.25, 0.3) is 0 Å². The Bertz CT molecular complexity index is 507. The number of fused-ring (bicyclic) bond motifs is 1. The number of rotatable bonds is 6. The minimum Gasteiger partial charge on any atom is -0.491 e. The highest BCUT2D eigenvalue weighted by Gasteiger charge is 2.42. The van der Waals surface area contributed by atoms with Crippen molar-refractivity contribution in [2.75, 3.05) is 33.4 Å². The number of aliphatic hydroxyl groups is 1. The van der Waals surface area contributed by atoms with Crippen LogP contribution < -0.4 is 4.74 Å². The summed E-state index contributed by atoms with van der Waals surface area (Å²) in [7, 11) is 1.68. The van der Waals surface area contributed by atoms with Gasteiger partial charge in [0.15, 0.2) is 0 Å². The third kappa shape index (κ3) is 4.25. The van der Waals surface area contributed by atoms with Crippen LogP contribution in [0.2, 0.25) is 0 Å². The summed E-state index contributed by atoms with van der Waals surface area (Å²) in [4.78, 5) is 2.48. The first-order chi connectivity index (χ1) is 11.2. The highest BCUT2D eigenvalue weighted by atomic mass is 16.5. The van der Waals surface area contributed by atoms with Crippen molar-refractivity contribution in [3.8, 4) is 5.75 Å². The van der Waals surface area contributed by atoms with Gasteiger partial charge >= 0.3 is 0 Å². The van der Waals surface area contributed by atoms with Gasteiger partial charge in [-0.15, -0.1) is 0 Å². The summed E-state index contributed by atoms with van der Waals surface area (Å²) in [6.45, 7) is 4.14. The molecule has 1 aliphatic carbocycles. The SMILES string of the molecule is COCCOc1cccc(CN2CCC3(O)CCCCC3C2)c1. The Morgan fingerprint density at radius 2 is 2.17 bits per heavy atom. The lowest BCUT2D eigenvalue weighted by atomic mass is 9.71. The number of hydrogen-bond donors (Lipinski definition) is 1. The van der Waals surface area contributed by atoms with E-state index < -0.39 is 0 Å². The number of likely N-dealkylation sites (tertiary alicyclic amines) is 1. The second kappa shape index (κ2) is 7.65. The van der Waals surface area contributed by atoms with Crippen LogP contribution >= 0.6 is 0 Å². The molecule has 2 fully saturated rings. The second-order valence-corrected chi connectivity index (χ2v) is 7.02. The van der Waals surface area contributed by atoms with Crippen molar-refractivity contribution >= 4 is 0 Å². The van der Waals surface area contributed by atoms with Crippen LogP contribution in [0.15, 0.2) is 24.3 Å². The van der Waals surface area contributed by atoms with Gasteiger partial charge in [0.2, 0.25) is 0 Å². The number of benzene rings is 1. The van der Waals surface area contributed by atoms with E-state index in [0.717, 1.165) is 38.2 Å². The molecule has 2 unspecified atom stereocenters. The molecule has 0 radical (unpaired) electrons. The predicted molar refractivity (Wildman–Crippen MR) is 90.6 cm³/mol. The molecule has 4 nitrogen and oxygen atoms in total. The molecule has 2 atom stereocenters. The molecule has 0 aromatic heterocycles. The van der Waals surface area contributed by atoms with E-state index >= 15 is 0 Å². The number of piperidine rings is 1. The number of hydrogen-bond acceptors (Lipinski definition) is 4. The van der Waals surface area contributed by atoms with Gasteiger partial charge in [-0.2, -0.15) is 0 Å². The van der Waals surface area contributed by atoms with E-state index in [9.17, 15) is 5.11 Å². The maximum atomic E-state index is 10.8. The molecular weight excluding hydrogens is 290 g/mol. The van der Waals surface area contributed by atoms with Gasteiger partial charge in [0.05, 0.1) is 12.2 Å². The van der Waals surface area contributed by atoms with Crippen LogP contribution in [0.4, 0.5) is 0 Å². The van der Waals surface area contributed by atoms with Crippen molar-refractivity contribution in [1.29, 1.82) is 0 Å². The van der Waals surface area contributed by atoms with Crippen LogP contribution in [0, 0.1) is 5.92 Å². The monoisotopic (exact) mass is 319 g/mol. The summed E-state index contributed by atoms with van der Waals surface area (Å²) in [5, 5.41) is 10.8. The van der Waals surface area contributed by atoms with Crippen molar-refractivity contribution in [1.82, 2.24) is 4.90 Å². The molecule has 2 aliphatic rings. The molecule has 1 N–H and O–H groups in total. The molecule has 1 aliphatic heterocycles. The molecule has 4 heteroatoms. The normalized spacial score (nSPS) is 28.3. The summed E-state index contributed by atoms with van der Waals surface area (Å²) < 4.78 is 10.7. The summed E-state index contributed by atoms with van der Waals surface area (Å²) in [6.07, 6.45) is 5.54. The topological polar surface area (TPSA) is 41.9 Å². The summed E-state index contributed by atoms with van der Waals surface area (Å²) in [6, 6.07) is 8.33. The van der Waals surface area contributed by atoms with Crippen molar-refractivity contribution in [2.24, 2.45) is 5.92 Å². The van der Waals surface area contributed by atoms with Crippen molar-refractivity contribution in [2.45, 2.75) is 44.2 Å². The largest absolute Gasteiger partial charge is 0.491 e. The number of nitrogens with zero attached hydrogens (tertiary/aromatic N) is 1. The van der Waals surface area contributed by atoms with E-state index in [-0.39, 0.29) is 5.60 Å². The fourth-order valence-corrected chi connectivity index (χ4v) is 4.02. The second-order valence-electron chi connectivity index (χ2n) is 7.02. The Balaban J connectivity index is 1.56. The zero-order valence-corrected chi connectivity index (χ0v) is 14.2. The Kier molecular flexibility index (Phi) is 5.57. The molecule has 1 aromatic rings. The smallest absolute Gasteiger partial charge is 0.119 e. The zero-order chi connectivity index (χ0) is 16.1. The first-order valence-corrected chi connectivity index (χ1v) is 8.85. The summed E-state index contributed by atoms with van der Waals surface area (Å²) >= 11 is 0. The van der Waals surface area contributed by atoms with Gasteiger partial charge in [0, 0.05) is 32.7 Å². The van der Waals surface area contributed by atoms with Crippen molar-refractivity contribution < 1.29 is 14.6 Å². The van der Waals surface area contributed by atoms with Crippen LogP contribution in [0.5, 0.6) is 5.75 Å². The van der Waals surface area contributed by atoms with Gasteiger partial charge in [-0.3, -0.25) is 4.90 Å². The van der Waals surface area contributed by atoms with Crippen LogP contribution in [0.1, 0.15) is 37.7 Å². The maximum Gasteiger partial charge on any atom is 0.119 e. The van der Waals surface area contributed by atoms with E-state index in [2.05, 4.69) is 23.1 Å². The molecule has 0 bridgehead atoms. The minimum absolute atomic E-state index is 0.389. The van der Waals surface area contributed by atoms with Crippen molar-refractivity contribution in [3.63, 3.8) is 0 Å². The lowest BCUT2D eigenvalue weighted by Gasteiger charge is -2.47. The molecule has 128 valence electrons. The third-order valence-electron chi connectivity index (χ3n) is 5.37. The lowest BCUT2D eigenvalue weighted by Crippen LogP contribution is -2.52. The Labute approximate surface area is 139 Å². The Hall–Kier alpha value is -1.10. The quantitative estimate of drug-likeness (QED) is 0.819. The first kappa shape index (κ1) is 16.7. The first-order valence-electron chi connectivity index (χ1n) is 8.85. The fraction of sp³-hybridized carbons (Fsp3) is 0.684. The maximum absolute atomic E-state index is 10.8. The van der Waals surface area contributed by atoms with E-state index in [0.29, 0.717) is 19.1 Å². The van der Waals surface area contributed by atoms with Gasteiger partial charge in [0.1, 0.15) is 12.4 Å². The van der Waals surface area contributed by atoms with Gasteiger partial charge in [-0.25, -0.2) is 0 Å². The molecule has 23 heavy (non-hydrogen) atoms. The summed E-state index contributed by atoms with van der Waals surface area (Å²) in [5.41, 5.74) is 0.890. The molecule has 1 aromatic carbocycles. The third-order valence-corrected chi connectivity index (χ3v) is 5.37. The number of ether oxygens (including phenoxy) is 2. The lowest BCUT2D eigenvalue weighted by molar-refractivity contribution is -0.0967. The summed E-state index contributed by atoms with van der Waals surface area (Å²) in [5.74, 6) is 1.36. The molecule has 1 saturated heterocycles. The Morgan fingerprint density at radius 3 is 3.04 bits per heavy atom. The average molecular weight is 319 g/mol. The van der Waals surface area contributed by atoms with Crippen LogP contribution in [0.3, 0.4) is 0 Å². The highest BCUT2D eigenvalue weighted by molar-refractivity contribution is 5.28. The van der Waals surface area contributed by atoms with E-state index in [1.807, 2.05) is 6.07 Å². The van der Waals surface area contributed by atoms with E-state index in [4.69, 9.17) is 9.47 Å². The molecule has 1 heterocycles. The van der Waals surface area contributed by atoms with E-state index in [1.165, 1.54) is 24.8 Å². The van der Waals surface area contributed by atoms with Crippen LogP contribution in [0.25, 0.3) is 0 Å². The molecule has 1 saturated carbocycles. The van der Waals surface area contributed by atoms with Crippen molar-refractivity contribution in [3.05, 3.63) is 29.8 Å². The molecule has 3 rings (SSSR count). The molecular formula is C19H29NO3. The van der Waals surface area contributed by atoms with Gasteiger partial charge in [-0.1, -0.05) is 25.0 Å². The van der Waals surface area contributed by atoms with Crippen LogP contribution in [-0.2, 0) is 11.3 Å². The molecule has 0 spiro atoms. The zero-order valence-electron chi connectivity index (χ0n) is 14.2. The Morgan fingerprint density at radius 1 is 1.26 bits per heavy atom. The fourth-order valence-electron chi connectivity index (χ4n) is 4.02. The minimum atomic E-state index is -0.389. The standard InChI is InChI=1S/C19H29NO3/c1-22-11-12-23-18-7-4-5-16(13-18)14-20-10-9-19(21)8-3-2-6-17(19)15-20/h4-5,7,13,17,21H,2-3,6,8-12,14-15H2,1H3. The van der Waals surface area contributed by atoms with Gasteiger partial charge in [-0.05, 0) is 37.0 Å². The average Bonchev–Trinajstić information content (AvgIpc) is 2.56. The highest BCUT2D eigenvalue weighted by Crippen LogP contribution is 2.40. The van der Waals surface area contributed by atoms with E-state index in [1.54, 1.807) is 7.11 Å².